The van der Waals surface area contributed by atoms with Crippen molar-refractivity contribution < 1.29 is 0 Å². The van der Waals surface area contributed by atoms with Gasteiger partial charge >= 0.3 is 0 Å². The Balaban J connectivity index is 2.22. The average molecular weight is 204 g/mol. The summed E-state index contributed by atoms with van der Waals surface area (Å²) in [5.41, 5.74) is 9.01. The van der Waals surface area contributed by atoms with Gasteiger partial charge in [0.05, 0.1) is 5.01 Å². The number of hydrogen-bond donors (Lipinski definition) is 1. The molecule has 2 rings (SSSR count). The molecule has 0 radical (unpaired) electrons. The van der Waals surface area contributed by atoms with Crippen LogP contribution in [0.4, 0.5) is 5.69 Å². The van der Waals surface area contributed by atoms with Gasteiger partial charge in [0, 0.05) is 23.7 Å². The molecular formula is C11H12N2S. The molecule has 0 atom stereocenters. The van der Waals surface area contributed by atoms with Crippen LogP contribution < -0.4 is 5.73 Å². The molecule has 1 heterocycles. The molecule has 0 saturated carbocycles. The molecule has 0 aliphatic carbocycles. The molecule has 72 valence electrons. The van der Waals surface area contributed by atoms with Crippen LogP contribution in [0.3, 0.4) is 0 Å². The molecule has 0 aliphatic heterocycles. The lowest BCUT2D eigenvalue weighted by Gasteiger charge is -2.02. The van der Waals surface area contributed by atoms with Gasteiger partial charge in [-0.3, -0.25) is 0 Å². The summed E-state index contributed by atoms with van der Waals surface area (Å²) in [5, 5.41) is 3.15. The van der Waals surface area contributed by atoms with E-state index in [1.165, 1.54) is 5.56 Å². The van der Waals surface area contributed by atoms with Gasteiger partial charge in [-0.05, 0) is 24.1 Å². The minimum absolute atomic E-state index is 0.855. The predicted molar refractivity (Wildman–Crippen MR) is 60.5 cm³/mol. The smallest absolute Gasteiger partial charge is 0.0968 e. The van der Waals surface area contributed by atoms with Crippen LogP contribution in [0.25, 0.3) is 0 Å². The van der Waals surface area contributed by atoms with Crippen LogP contribution in [0.2, 0.25) is 0 Å². The zero-order valence-electron chi connectivity index (χ0n) is 8.03. The van der Waals surface area contributed by atoms with Gasteiger partial charge in [0.25, 0.3) is 0 Å². The Bertz CT molecular complexity index is 421. The van der Waals surface area contributed by atoms with E-state index >= 15 is 0 Å². The van der Waals surface area contributed by atoms with Crippen LogP contribution in [0, 0.1) is 6.92 Å². The molecule has 0 saturated heterocycles. The van der Waals surface area contributed by atoms with Crippen molar-refractivity contribution in [1.82, 2.24) is 4.98 Å². The lowest BCUT2D eigenvalue weighted by Crippen LogP contribution is -1.92. The fraction of sp³-hybridized carbons (Fsp3) is 0.182. The van der Waals surface area contributed by atoms with Gasteiger partial charge in [0.15, 0.2) is 0 Å². The fourth-order valence-electron chi connectivity index (χ4n) is 1.36. The van der Waals surface area contributed by atoms with Crippen LogP contribution in [0.1, 0.15) is 16.1 Å². The number of nitrogens with zero attached hydrogens (tertiary/aromatic N) is 1. The Kier molecular flexibility index (Phi) is 2.50. The highest BCUT2D eigenvalue weighted by Crippen LogP contribution is 2.16. The molecule has 2 nitrogen and oxygen atoms in total. The maximum Gasteiger partial charge on any atom is 0.0968 e. The van der Waals surface area contributed by atoms with Crippen molar-refractivity contribution in [2.45, 2.75) is 13.3 Å². The summed E-state index contributed by atoms with van der Waals surface area (Å²) in [5.74, 6) is 0. The molecule has 1 aromatic heterocycles. The van der Waals surface area contributed by atoms with Crippen molar-refractivity contribution in [3.8, 4) is 0 Å². The van der Waals surface area contributed by atoms with Crippen molar-refractivity contribution in [2.75, 3.05) is 5.73 Å². The van der Waals surface area contributed by atoms with Gasteiger partial charge < -0.3 is 5.73 Å². The van der Waals surface area contributed by atoms with Crippen LogP contribution in [-0.2, 0) is 6.42 Å². The molecule has 0 amide bonds. The Morgan fingerprint density at radius 3 is 2.93 bits per heavy atom. The molecule has 3 heteroatoms. The number of nitrogen functional groups attached to an aromatic ring is 1. The van der Waals surface area contributed by atoms with Crippen molar-refractivity contribution >= 4 is 17.0 Å². The van der Waals surface area contributed by atoms with E-state index in [1.54, 1.807) is 11.3 Å². The largest absolute Gasteiger partial charge is 0.399 e. The first kappa shape index (κ1) is 9.21. The fourth-order valence-corrected chi connectivity index (χ4v) is 2.01. The summed E-state index contributed by atoms with van der Waals surface area (Å²) in [6.45, 7) is 2.03. The normalized spacial score (nSPS) is 10.4. The number of rotatable bonds is 2. The number of nitrogens with two attached hydrogens (primary N) is 1. The van der Waals surface area contributed by atoms with Gasteiger partial charge in [-0.2, -0.15) is 0 Å². The van der Waals surface area contributed by atoms with Crippen molar-refractivity contribution in [3.05, 3.63) is 45.9 Å². The number of anilines is 1. The Morgan fingerprint density at radius 2 is 2.29 bits per heavy atom. The maximum atomic E-state index is 5.75. The first-order chi connectivity index (χ1) is 6.75. The van der Waals surface area contributed by atoms with Crippen molar-refractivity contribution in [3.63, 3.8) is 0 Å². The van der Waals surface area contributed by atoms with Crippen molar-refractivity contribution in [1.29, 1.82) is 0 Å². The topological polar surface area (TPSA) is 38.9 Å². The summed E-state index contributed by atoms with van der Waals surface area (Å²) in [6, 6.07) is 6.14. The third-order valence-corrected chi connectivity index (χ3v) is 2.95. The molecule has 0 unspecified atom stereocenters. The molecule has 0 spiro atoms. The second kappa shape index (κ2) is 3.80. The van der Waals surface area contributed by atoms with Crippen LogP contribution in [0.5, 0.6) is 0 Å². The monoisotopic (exact) mass is 204 g/mol. The van der Waals surface area contributed by atoms with Crippen LogP contribution in [0.15, 0.2) is 29.8 Å². The summed E-state index contributed by atoms with van der Waals surface area (Å²) in [4.78, 5) is 4.25. The highest BCUT2D eigenvalue weighted by Gasteiger charge is 2.00. The van der Waals surface area contributed by atoms with Crippen LogP contribution >= 0.6 is 11.3 Å². The first-order valence-electron chi connectivity index (χ1n) is 4.49. The van der Waals surface area contributed by atoms with Gasteiger partial charge in [-0.1, -0.05) is 12.1 Å². The SMILES string of the molecule is Cc1cc(Cc2nccs2)ccc1N. The summed E-state index contributed by atoms with van der Waals surface area (Å²) in [6.07, 6.45) is 2.74. The molecule has 14 heavy (non-hydrogen) atoms. The molecule has 0 fully saturated rings. The van der Waals surface area contributed by atoms with E-state index < -0.39 is 0 Å². The van der Waals surface area contributed by atoms with Crippen molar-refractivity contribution in [2.24, 2.45) is 0 Å². The molecule has 2 aromatic rings. The maximum absolute atomic E-state index is 5.75. The minimum Gasteiger partial charge on any atom is -0.399 e. The average Bonchev–Trinajstić information content (AvgIpc) is 2.64. The van der Waals surface area contributed by atoms with E-state index in [-0.39, 0.29) is 0 Å². The molecule has 0 bridgehead atoms. The number of thiazole rings is 1. The third kappa shape index (κ3) is 1.93. The predicted octanol–water partition coefficient (Wildman–Crippen LogP) is 2.62. The molecule has 2 N–H and O–H groups in total. The number of aromatic nitrogens is 1. The quantitative estimate of drug-likeness (QED) is 0.764. The lowest BCUT2D eigenvalue weighted by atomic mass is 10.1. The lowest BCUT2D eigenvalue weighted by molar-refractivity contribution is 1.13. The van der Waals surface area contributed by atoms with E-state index in [9.17, 15) is 0 Å². The zero-order valence-corrected chi connectivity index (χ0v) is 8.84. The highest BCUT2D eigenvalue weighted by atomic mass is 32.1. The molecule has 1 aromatic carbocycles. The third-order valence-electron chi connectivity index (χ3n) is 2.17. The Hall–Kier alpha value is -1.35. The highest BCUT2D eigenvalue weighted by molar-refractivity contribution is 7.09. The summed E-state index contributed by atoms with van der Waals surface area (Å²) < 4.78 is 0. The summed E-state index contributed by atoms with van der Waals surface area (Å²) >= 11 is 1.69. The van der Waals surface area contributed by atoms with Crippen LogP contribution in [-0.4, -0.2) is 4.98 Å². The zero-order chi connectivity index (χ0) is 9.97. The van der Waals surface area contributed by atoms with Gasteiger partial charge in [0.1, 0.15) is 0 Å². The first-order valence-corrected chi connectivity index (χ1v) is 5.37. The van der Waals surface area contributed by atoms with E-state index in [4.69, 9.17) is 5.73 Å². The van der Waals surface area contributed by atoms with E-state index in [0.29, 0.717) is 0 Å². The van der Waals surface area contributed by atoms with E-state index in [2.05, 4.69) is 17.1 Å². The number of benzene rings is 1. The standard InChI is InChI=1S/C11H12N2S/c1-8-6-9(2-3-10(8)12)7-11-13-4-5-14-11/h2-6H,7,12H2,1H3. The molecule has 0 aliphatic rings. The summed E-state index contributed by atoms with van der Waals surface area (Å²) in [7, 11) is 0. The van der Waals surface area contributed by atoms with E-state index in [0.717, 1.165) is 22.7 Å². The van der Waals surface area contributed by atoms with Gasteiger partial charge in [0.2, 0.25) is 0 Å². The number of aryl methyl sites for hydroxylation is 1. The number of hydrogen-bond acceptors (Lipinski definition) is 3. The minimum atomic E-state index is 0.855. The second-order valence-corrected chi connectivity index (χ2v) is 4.27. The Morgan fingerprint density at radius 1 is 1.43 bits per heavy atom. The second-order valence-electron chi connectivity index (χ2n) is 3.29. The molecular weight excluding hydrogens is 192 g/mol. The van der Waals surface area contributed by atoms with Gasteiger partial charge in [-0.25, -0.2) is 4.98 Å². The van der Waals surface area contributed by atoms with E-state index in [1.807, 2.05) is 24.6 Å². The Labute approximate surface area is 87.4 Å². The van der Waals surface area contributed by atoms with Gasteiger partial charge in [-0.15, -0.1) is 11.3 Å².